The second kappa shape index (κ2) is 8.96. The number of amides is 1. The number of hydrogen-bond acceptors (Lipinski definition) is 6. The quantitative estimate of drug-likeness (QED) is 0.463. The molecular weight excluding hydrogens is 423 g/mol. The average Bonchev–Trinajstić information content (AvgIpc) is 3.29. The van der Waals surface area contributed by atoms with E-state index in [-0.39, 0.29) is 11.1 Å². The molecule has 0 fully saturated rings. The minimum absolute atomic E-state index is 0.0541. The average molecular weight is 437 g/mol. The smallest absolute Gasteiger partial charge is 0.269 e. The van der Waals surface area contributed by atoms with Crippen LogP contribution in [0.3, 0.4) is 0 Å². The van der Waals surface area contributed by atoms with Crippen LogP contribution in [-0.2, 0) is 11.3 Å². The summed E-state index contributed by atoms with van der Waals surface area (Å²) in [5.41, 5.74) is 0.702. The Kier molecular flexibility index (Phi) is 6.40. The van der Waals surface area contributed by atoms with Gasteiger partial charge in [0.25, 0.3) is 5.95 Å². The maximum atomic E-state index is 12.0. The first-order chi connectivity index (χ1) is 13.4. The summed E-state index contributed by atoms with van der Waals surface area (Å²) in [6.07, 6.45) is 2.80. The third-order valence-corrected chi connectivity index (χ3v) is 4.17. The number of thiocarbonyl (C=S) groups is 1. The summed E-state index contributed by atoms with van der Waals surface area (Å²) in [7, 11) is 0. The van der Waals surface area contributed by atoms with Gasteiger partial charge in [-0.05, 0) is 60.8 Å². The van der Waals surface area contributed by atoms with Gasteiger partial charge in [0, 0.05) is 16.7 Å². The normalized spacial score (nSPS) is 11.0. The number of carbonyl (C=O) groups excluding carboxylic acids is 1. The van der Waals surface area contributed by atoms with Crippen molar-refractivity contribution < 1.29 is 9.21 Å². The van der Waals surface area contributed by atoms with Crippen molar-refractivity contribution in [3.63, 3.8) is 0 Å². The Bertz CT molecular complexity index is 1050. The van der Waals surface area contributed by atoms with E-state index in [0.717, 1.165) is 0 Å². The van der Waals surface area contributed by atoms with Crippen LogP contribution in [0.4, 0.5) is 5.95 Å². The Morgan fingerprint density at radius 1 is 1.32 bits per heavy atom. The summed E-state index contributed by atoms with van der Waals surface area (Å²) in [5, 5.41) is 17.8. The lowest BCUT2D eigenvalue weighted by molar-refractivity contribution is -0.115. The number of furan rings is 1. The predicted molar refractivity (Wildman–Crippen MR) is 111 cm³/mol. The Morgan fingerprint density at radius 2 is 2.14 bits per heavy atom. The van der Waals surface area contributed by atoms with Gasteiger partial charge in [-0.1, -0.05) is 28.3 Å². The maximum absolute atomic E-state index is 12.0. The number of tetrazole rings is 1. The molecule has 0 saturated heterocycles. The van der Waals surface area contributed by atoms with E-state index in [2.05, 4.69) is 26.0 Å². The molecule has 11 heteroatoms. The zero-order valence-corrected chi connectivity index (χ0v) is 16.8. The molecule has 0 spiro atoms. The number of carbonyl (C=O) groups is 1. The molecule has 28 heavy (non-hydrogen) atoms. The molecule has 2 aromatic heterocycles. The van der Waals surface area contributed by atoms with E-state index >= 15 is 0 Å². The number of aryl methyl sites for hydroxylation is 1. The molecule has 1 amide bonds. The monoisotopic (exact) mass is 436 g/mol. The molecule has 3 rings (SSSR count). The third kappa shape index (κ3) is 5.16. The van der Waals surface area contributed by atoms with Crippen molar-refractivity contribution in [3.8, 4) is 11.3 Å². The van der Waals surface area contributed by atoms with Crippen LogP contribution in [0.25, 0.3) is 17.4 Å². The second-order valence-corrected chi connectivity index (χ2v) is 6.66. The Labute approximate surface area is 175 Å². The second-order valence-electron chi connectivity index (χ2n) is 5.40. The first-order valence-corrected chi connectivity index (χ1v) is 9.24. The molecule has 1 aromatic carbocycles. The molecule has 0 saturated carbocycles. The van der Waals surface area contributed by atoms with Gasteiger partial charge in [0.1, 0.15) is 11.5 Å². The fraction of sp³-hybridized carbons (Fsp3) is 0.118. The highest BCUT2D eigenvalue weighted by atomic mass is 35.5. The van der Waals surface area contributed by atoms with Crippen LogP contribution in [0.1, 0.15) is 12.7 Å². The van der Waals surface area contributed by atoms with Crippen LogP contribution in [-0.4, -0.2) is 31.2 Å². The van der Waals surface area contributed by atoms with Crippen molar-refractivity contribution in [2.24, 2.45) is 0 Å². The van der Waals surface area contributed by atoms with Gasteiger partial charge in [-0.2, -0.15) is 4.80 Å². The van der Waals surface area contributed by atoms with Gasteiger partial charge >= 0.3 is 0 Å². The van der Waals surface area contributed by atoms with E-state index in [1.807, 2.05) is 6.92 Å². The number of anilines is 1. The topological polar surface area (TPSA) is 97.9 Å². The molecule has 0 atom stereocenters. The van der Waals surface area contributed by atoms with Gasteiger partial charge in [0.05, 0.1) is 11.6 Å². The van der Waals surface area contributed by atoms with Gasteiger partial charge < -0.3 is 4.42 Å². The minimum Gasteiger partial charge on any atom is -0.457 e. The maximum Gasteiger partial charge on any atom is 0.269 e. The molecule has 0 bridgehead atoms. The minimum atomic E-state index is -0.442. The van der Waals surface area contributed by atoms with E-state index in [9.17, 15) is 4.79 Å². The number of nitrogens with one attached hydrogen (secondary N) is 2. The SMILES string of the molecule is CCn1nnc(NC(=S)NC(=O)/C=C/c2ccc(-c3ccc(Cl)cc3Cl)o2)n1. The standard InChI is InChI=1S/C17H14Cl2N6O2S/c1-2-25-23-16(22-24-25)21-17(28)20-15(26)8-5-11-4-7-14(27-11)12-6-3-10(18)9-13(12)19/h3-9H,2H2,1H3,(H2,20,21,23,26,28)/b8-5+. The number of halogens is 2. The van der Waals surface area contributed by atoms with Gasteiger partial charge in [-0.15, -0.1) is 5.10 Å². The highest BCUT2D eigenvalue weighted by Crippen LogP contribution is 2.31. The van der Waals surface area contributed by atoms with E-state index in [4.69, 9.17) is 39.8 Å². The summed E-state index contributed by atoms with van der Waals surface area (Å²) >= 11 is 17.1. The molecule has 0 unspecified atom stereocenters. The number of aromatic nitrogens is 4. The van der Waals surface area contributed by atoms with E-state index in [1.165, 1.54) is 16.9 Å². The Balaban J connectivity index is 1.58. The number of benzene rings is 1. The summed E-state index contributed by atoms with van der Waals surface area (Å²) in [5.74, 6) is 0.793. The van der Waals surface area contributed by atoms with Gasteiger partial charge in [0.2, 0.25) is 5.91 Å². The zero-order valence-electron chi connectivity index (χ0n) is 14.5. The number of nitrogens with zero attached hydrogens (tertiary/aromatic N) is 4. The number of rotatable bonds is 5. The summed E-state index contributed by atoms with van der Waals surface area (Å²) < 4.78 is 5.68. The first-order valence-electron chi connectivity index (χ1n) is 8.07. The Morgan fingerprint density at radius 3 is 2.86 bits per heavy atom. The molecule has 0 aliphatic rings. The molecule has 3 aromatic rings. The van der Waals surface area contributed by atoms with E-state index in [1.54, 1.807) is 30.3 Å². The molecule has 2 heterocycles. The molecule has 8 nitrogen and oxygen atoms in total. The first kappa shape index (κ1) is 20.0. The summed E-state index contributed by atoms with van der Waals surface area (Å²) in [6.45, 7) is 2.44. The molecule has 144 valence electrons. The van der Waals surface area contributed by atoms with Crippen molar-refractivity contribution in [1.82, 2.24) is 25.5 Å². The van der Waals surface area contributed by atoms with Crippen molar-refractivity contribution in [3.05, 3.63) is 52.2 Å². The van der Waals surface area contributed by atoms with Crippen molar-refractivity contribution in [1.29, 1.82) is 0 Å². The highest BCUT2D eigenvalue weighted by Gasteiger charge is 2.09. The predicted octanol–water partition coefficient (Wildman–Crippen LogP) is 3.79. The largest absolute Gasteiger partial charge is 0.457 e. The van der Waals surface area contributed by atoms with Crippen LogP contribution in [0, 0.1) is 0 Å². The van der Waals surface area contributed by atoms with E-state index < -0.39 is 5.91 Å². The molecule has 2 N–H and O–H groups in total. The molecule has 0 aliphatic heterocycles. The fourth-order valence-electron chi connectivity index (χ4n) is 2.15. The third-order valence-electron chi connectivity index (χ3n) is 3.42. The van der Waals surface area contributed by atoms with Crippen LogP contribution in [0.15, 0.2) is 40.8 Å². The van der Waals surface area contributed by atoms with Gasteiger partial charge in [-0.25, -0.2) is 0 Å². The van der Waals surface area contributed by atoms with Gasteiger partial charge in [-0.3, -0.25) is 15.4 Å². The van der Waals surface area contributed by atoms with Crippen molar-refractivity contribution in [2.75, 3.05) is 5.32 Å². The molecular formula is C17H14Cl2N6O2S. The lowest BCUT2D eigenvalue weighted by Gasteiger charge is -2.03. The van der Waals surface area contributed by atoms with Crippen LogP contribution in [0.5, 0.6) is 0 Å². The molecule has 0 aliphatic carbocycles. The number of hydrogen-bond donors (Lipinski definition) is 2. The fourth-order valence-corrected chi connectivity index (χ4v) is 2.84. The van der Waals surface area contributed by atoms with Crippen molar-refractivity contribution in [2.45, 2.75) is 13.5 Å². The van der Waals surface area contributed by atoms with Crippen LogP contribution in [0.2, 0.25) is 10.0 Å². The zero-order chi connectivity index (χ0) is 20.1. The highest BCUT2D eigenvalue weighted by molar-refractivity contribution is 7.80. The van der Waals surface area contributed by atoms with E-state index in [0.29, 0.717) is 33.7 Å². The van der Waals surface area contributed by atoms with Crippen LogP contribution >= 0.6 is 35.4 Å². The summed E-state index contributed by atoms with van der Waals surface area (Å²) in [6, 6.07) is 8.58. The summed E-state index contributed by atoms with van der Waals surface area (Å²) in [4.78, 5) is 13.4. The van der Waals surface area contributed by atoms with Crippen LogP contribution < -0.4 is 10.6 Å². The lowest BCUT2D eigenvalue weighted by atomic mass is 10.2. The van der Waals surface area contributed by atoms with Crippen molar-refractivity contribution >= 4 is 58.5 Å². The van der Waals surface area contributed by atoms with Gasteiger partial charge in [0.15, 0.2) is 5.11 Å². The lowest BCUT2D eigenvalue weighted by Crippen LogP contribution is -2.33. The molecule has 0 radical (unpaired) electrons. The Hall–Kier alpha value is -2.75.